The fourth-order valence-corrected chi connectivity index (χ4v) is 2.38. The van der Waals surface area contributed by atoms with Crippen molar-refractivity contribution in [1.82, 2.24) is 0 Å². The standard InChI is InChI=1S/C21H25NO3/c1-3-5-6-15-25-21(24)18-11-13-19(14-12-18)22-20(23)17-9-7-16(4-2)8-10-17/h7-14H,3-6,15H2,1-2H3,(H,22,23). The maximum Gasteiger partial charge on any atom is 0.338 e. The highest BCUT2D eigenvalue weighted by atomic mass is 16.5. The topological polar surface area (TPSA) is 55.4 Å². The van der Waals surface area contributed by atoms with Crippen LogP contribution in [-0.4, -0.2) is 18.5 Å². The fraction of sp³-hybridized carbons (Fsp3) is 0.333. The Hall–Kier alpha value is -2.62. The molecule has 1 N–H and O–H groups in total. The summed E-state index contributed by atoms with van der Waals surface area (Å²) in [4.78, 5) is 24.1. The lowest BCUT2D eigenvalue weighted by Crippen LogP contribution is -2.12. The molecule has 132 valence electrons. The van der Waals surface area contributed by atoms with Crippen LogP contribution in [0.3, 0.4) is 0 Å². The van der Waals surface area contributed by atoms with Crippen molar-refractivity contribution in [2.45, 2.75) is 39.5 Å². The number of carbonyl (C=O) groups is 2. The van der Waals surface area contributed by atoms with E-state index in [9.17, 15) is 9.59 Å². The summed E-state index contributed by atoms with van der Waals surface area (Å²) in [7, 11) is 0. The molecule has 0 aliphatic carbocycles. The third-order valence-corrected chi connectivity index (χ3v) is 3.98. The summed E-state index contributed by atoms with van der Waals surface area (Å²) < 4.78 is 5.22. The smallest absolute Gasteiger partial charge is 0.338 e. The predicted molar refractivity (Wildman–Crippen MR) is 100 cm³/mol. The van der Waals surface area contributed by atoms with Crippen molar-refractivity contribution in [3.8, 4) is 0 Å². The summed E-state index contributed by atoms with van der Waals surface area (Å²) in [5.41, 5.74) is 2.93. The predicted octanol–water partition coefficient (Wildman–Crippen LogP) is 4.85. The van der Waals surface area contributed by atoms with Crippen molar-refractivity contribution in [1.29, 1.82) is 0 Å². The molecule has 0 saturated heterocycles. The Balaban J connectivity index is 1.90. The van der Waals surface area contributed by atoms with Gasteiger partial charge in [-0.1, -0.05) is 38.8 Å². The van der Waals surface area contributed by atoms with Gasteiger partial charge >= 0.3 is 5.97 Å². The zero-order valence-corrected chi connectivity index (χ0v) is 14.9. The first-order valence-corrected chi connectivity index (χ1v) is 8.81. The van der Waals surface area contributed by atoms with E-state index in [4.69, 9.17) is 4.74 Å². The molecule has 1 amide bonds. The molecule has 0 radical (unpaired) electrons. The summed E-state index contributed by atoms with van der Waals surface area (Å²) in [6, 6.07) is 14.3. The Labute approximate surface area is 149 Å². The Morgan fingerprint density at radius 2 is 1.52 bits per heavy atom. The summed E-state index contributed by atoms with van der Waals surface area (Å²) >= 11 is 0. The molecule has 0 fully saturated rings. The van der Waals surface area contributed by atoms with Crippen LogP contribution >= 0.6 is 0 Å². The van der Waals surface area contributed by atoms with Crippen LogP contribution in [0.2, 0.25) is 0 Å². The van der Waals surface area contributed by atoms with Gasteiger partial charge in [-0.3, -0.25) is 4.79 Å². The summed E-state index contributed by atoms with van der Waals surface area (Å²) in [5.74, 6) is -0.498. The number of hydrogen-bond acceptors (Lipinski definition) is 3. The molecule has 0 atom stereocenters. The number of amides is 1. The second-order valence-electron chi connectivity index (χ2n) is 5.92. The molecule has 0 aliphatic rings. The van der Waals surface area contributed by atoms with Crippen LogP contribution in [0.5, 0.6) is 0 Å². The monoisotopic (exact) mass is 339 g/mol. The van der Waals surface area contributed by atoms with E-state index in [0.29, 0.717) is 23.4 Å². The van der Waals surface area contributed by atoms with E-state index in [0.717, 1.165) is 25.7 Å². The molecule has 0 bridgehead atoms. The van der Waals surface area contributed by atoms with Gasteiger partial charge in [0.15, 0.2) is 0 Å². The third kappa shape index (κ3) is 5.75. The SMILES string of the molecule is CCCCCOC(=O)c1ccc(NC(=O)c2ccc(CC)cc2)cc1. The number of anilines is 1. The van der Waals surface area contributed by atoms with Gasteiger partial charge in [0.25, 0.3) is 5.91 Å². The van der Waals surface area contributed by atoms with E-state index < -0.39 is 0 Å². The number of ether oxygens (including phenoxy) is 1. The van der Waals surface area contributed by atoms with Crippen LogP contribution in [0.25, 0.3) is 0 Å². The van der Waals surface area contributed by atoms with Crippen molar-refractivity contribution >= 4 is 17.6 Å². The van der Waals surface area contributed by atoms with Gasteiger partial charge in [-0.15, -0.1) is 0 Å². The van der Waals surface area contributed by atoms with Crippen molar-refractivity contribution < 1.29 is 14.3 Å². The summed E-state index contributed by atoms with van der Waals surface area (Å²) in [5, 5.41) is 2.83. The molecular weight excluding hydrogens is 314 g/mol. The lowest BCUT2D eigenvalue weighted by atomic mass is 10.1. The van der Waals surface area contributed by atoms with E-state index in [1.165, 1.54) is 5.56 Å². The van der Waals surface area contributed by atoms with Gasteiger partial charge in [-0.2, -0.15) is 0 Å². The van der Waals surface area contributed by atoms with Gasteiger partial charge in [0.05, 0.1) is 12.2 Å². The number of rotatable bonds is 8. The summed E-state index contributed by atoms with van der Waals surface area (Å²) in [6.07, 6.45) is 3.97. The molecule has 0 aliphatic heterocycles. The highest BCUT2D eigenvalue weighted by molar-refractivity contribution is 6.04. The lowest BCUT2D eigenvalue weighted by molar-refractivity contribution is 0.0498. The van der Waals surface area contributed by atoms with Crippen molar-refractivity contribution in [3.63, 3.8) is 0 Å². The largest absolute Gasteiger partial charge is 0.462 e. The molecule has 0 saturated carbocycles. The molecule has 0 heterocycles. The van der Waals surface area contributed by atoms with Crippen LogP contribution in [0.15, 0.2) is 48.5 Å². The molecule has 2 aromatic rings. The minimum atomic E-state index is -0.330. The Morgan fingerprint density at radius 3 is 2.12 bits per heavy atom. The first-order valence-electron chi connectivity index (χ1n) is 8.81. The molecule has 25 heavy (non-hydrogen) atoms. The number of carbonyl (C=O) groups excluding carboxylic acids is 2. The van der Waals surface area contributed by atoms with Gasteiger partial charge in [-0.05, 0) is 54.8 Å². The number of hydrogen-bond donors (Lipinski definition) is 1. The van der Waals surface area contributed by atoms with Gasteiger partial charge in [0.1, 0.15) is 0 Å². The van der Waals surface area contributed by atoms with Crippen LogP contribution < -0.4 is 5.32 Å². The molecule has 0 unspecified atom stereocenters. The van der Waals surface area contributed by atoms with Gasteiger partial charge in [-0.25, -0.2) is 4.79 Å². The average molecular weight is 339 g/mol. The normalized spacial score (nSPS) is 10.3. The molecular formula is C21H25NO3. The van der Waals surface area contributed by atoms with E-state index in [1.807, 2.05) is 24.3 Å². The number of nitrogens with one attached hydrogen (secondary N) is 1. The van der Waals surface area contributed by atoms with Gasteiger partial charge < -0.3 is 10.1 Å². The molecule has 0 spiro atoms. The second-order valence-corrected chi connectivity index (χ2v) is 5.92. The maximum atomic E-state index is 12.2. The minimum Gasteiger partial charge on any atom is -0.462 e. The first-order chi connectivity index (χ1) is 12.1. The molecule has 2 rings (SSSR count). The minimum absolute atomic E-state index is 0.169. The van der Waals surface area contributed by atoms with Crippen LogP contribution in [0, 0.1) is 0 Å². The summed E-state index contributed by atoms with van der Waals surface area (Å²) in [6.45, 7) is 4.62. The average Bonchev–Trinajstić information content (AvgIpc) is 2.65. The Bertz CT molecular complexity index is 690. The van der Waals surface area contributed by atoms with E-state index in [1.54, 1.807) is 24.3 Å². The molecule has 2 aromatic carbocycles. The van der Waals surface area contributed by atoms with Gasteiger partial charge in [0.2, 0.25) is 0 Å². The highest BCUT2D eigenvalue weighted by Crippen LogP contribution is 2.13. The number of unbranched alkanes of at least 4 members (excludes halogenated alkanes) is 2. The Kier molecular flexibility index (Phi) is 7.20. The number of esters is 1. The number of aryl methyl sites for hydroxylation is 1. The van der Waals surface area contributed by atoms with Crippen molar-refractivity contribution in [3.05, 3.63) is 65.2 Å². The van der Waals surface area contributed by atoms with Crippen LogP contribution in [0.1, 0.15) is 59.4 Å². The molecule has 4 nitrogen and oxygen atoms in total. The number of benzene rings is 2. The van der Waals surface area contributed by atoms with E-state index >= 15 is 0 Å². The van der Waals surface area contributed by atoms with Gasteiger partial charge in [0, 0.05) is 11.3 Å². The Morgan fingerprint density at radius 1 is 0.880 bits per heavy atom. The highest BCUT2D eigenvalue weighted by Gasteiger charge is 2.09. The molecule has 4 heteroatoms. The second kappa shape index (κ2) is 9.62. The lowest BCUT2D eigenvalue weighted by Gasteiger charge is -2.08. The van der Waals surface area contributed by atoms with E-state index in [2.05, 4.69) is 19.2 Å². The quantitative estimate of drug-likeness (QED) is 0.552. The van der Waals surface area contributed by atoms with Crippen LogP contribution in [-0.2, 0) is 11.2 Å². The van der Waals surface area contributed by atoms with Crippen molar-refractivity contribution in [2.24, 2.45) is 0 Å². The van der Waals surface area contributed by atoms with Crippen molar-refractivity contribution in [2.75, 3.05) is 11.9 Å². The fourth-order valence-electron chi connectivity index (χ4n) is 2.38. The third-order valence-electron chi connectivity index (χ3n) is 3.98. The van der Waals surface area contributed by atoms with E-state index in [-0.39, 0.29) is 11.9 Å². The first kappa shape index (κ1) is 18.7. The zero-order chi connectivity index (χ0) is 18.1. The zero-order valence-electron chi connectivity index (χ0n) is 14.9. The van der Waals surface area contributed by atoms with Crippen LogP contribution in [0.4, 0.5) is 5.69 Å². The maximum absolute atomic E-state index is 12.2. The molecule has 0 aromatic heterocycles.